The molecule has 0 radical (unpaired) electrons. The van der Waals surface area contributed by atoms with Crippen molar-refractivity contribution >= 4 is 39.8 Å². The summed E-state index contributed by atoms with van der Waals surface area (Å²) in [5.41, 5.74) is 23.6. The van der Waals surface area contributed by atoms with Gasteiger partial charge in [-0.2, -0.15) is 0 Å². The molecule has 0 aliphatic heterocycles. The van der Waals surface area contributed by atoms with E-state index in [-0.39, 0.29) is 0 Å². The van der Waals surface area contributed by atoms with Crippen LogP contribution >= 0.6 is 17.0 Å². The normalized spacial score (nSPS) is 9.15. The predicted octanol–water partition coefficient (Wildman–Crippen LogP) is 7.82. The largest absolute Gasteiger partial charge is 0.604 e. The third-order valence-electron chi connectivity index (χ3n) is 3.83. The minimum Gasteiger partial charge on any atom is -0.604 e. The van der Waals surface area contributed by atoms with E-state index in [4.69, 9.17) is 17.0 Å². The van der Waals surface area contributed by atoms with Crippen LogP contribution in [0.25, 0.3) is 10.9 Å². The third-order valence-corrected chi connectivity index (χ3v) is 3.83. The number of hydrogen-bond acceptors (Lipinski definition) is 4. The molecule has 0 saturated carbocycles. The van der Waals surface area contributed by atoms with Crippen molar-refractivity contribution in [2.24, 2.45) is 0 Å². The molecule has 0 fully saturated rings. The number of halogens is 2. The van der Waals surface area contributed by atoms with Crippen LogP contribution < -0.4 is 21.9 Å². The van der Waals surface area contributed by atoms with Gasteiger partial charge in [-0.25, -0.2) is 0 Å². The molecular formula is C24H24Cl2N6Zr-2. The van der Waals surface area contributed by atoms with Crippen LogP contribution in [-0.4, -0.2) is 0 Å². The van der Waals surface area contributed by atoms with Crippen molar-refractivity contribution in [1.29, 1.82) is 0 Å². The molecule has 4 aromatic rings. The van der Waals surface area contributed by atoms with Gasteiger partial charge in [0.05, 0.1) is 0 Å². The van der Waals surface area contributed by atoms with Crippen LogP contribution in [0.4, 0.5) is 22.7 Å². The fourth-order valence-electron chi connectivity index (χ4n) is 2.36. The molecule has 4 rings (SSSR count). The number of hydrogen-bond donors (Lipinski definition) is 4. The maximum atomic E-state index is 4.93. The van der Waals surface area contributed by atoms with Gasteiger partial charge in [0.15, 0.2) is 0 Å². The van der Waals surface area contributed by atoms with Gasteiger partial charge in [0.1, 0.15) is 0 Å². The van der Waals surface area contributed by atoms with Crippen LogP contribution in [0.2, 0.25) is 0 Å². The summed E-state index contributed by atoms with van der Waals surface area (Å²) in [6.07, 6.45) is 0. The molecule has 0 aliphatic carbocycles. The Bertz CT molecular complexity index is 807. The fraction of sp³-hybridized carbons (Fsp3) is 0. The van der Waals surface area contributed by atoms with Crippen molar-refractivity contribution in [2.45, 2.75) is 0 Å². The Kier molecular flexibility index (Phi) is 14.5. The first-order valence-corrected chi connectivity index (χ1v) is 16.2. The van der Waals surface area contributed by atoms with Crippen LogP contribution in [0.1, 0.15) is 0 Å². The second-order valence-electron chi connectivity index (χ2n) is 6.17. The number of anilines is 2. The zero-order valence-electron chi connectivity index (χ0n) is 17.7. The second kappa shape index (κ2) is 18.0. The topological polar surface area (TPSA) is 76.3 Å². The van der Waals surface area contributed by atoms with E-state index in [1.54, 1.807) is 0 Å². The van der Waals surface area contributed by atoms with Crippen molar-refractivity contribution in [3.63, 3.8) is 0 Å². The Morgan fingerprint density at radius 3 is 1.03 bits per heavy atom. The Labute approximate surface area is 213 Å². The van der Waals surface area contributed by atoms with Crippen molar-refractivity contribution < 1.29 is 20.8 Å². The molecule has 0 atom stereocenters. The van der Waals surface area contributed by atoms with E-state index in [0.717, 1.165) is 22.7 Å². The van der Waals surface area contributed by atoms with Crippen LogP contribution in [0.15, 0.2) is 121 Å². The number of rotatable bonds is 8. The summed E-state index contributed by atoms with van der Waals surface area (Å²) >= 11 is -0.826. The molecule has 0 bridgehead atoms. The molecule has 33 heavy (non-hydrogen) atoms. The van der Waals surface area contributed by atoms with E-state index in [9.17, 15) is 0 Å². The molecule has 0 aliphatic rings. The molecule has 0 heterocycles. The summed E-state index contributed by atoms with van der Waals surface area (Å²) in [5.74, 6) is 0. The van der Waals surface area contributed by atoms with Gasteiger partial charge in [-0.05, 0) is 24.3 Å². The zero-order valence-corrected chi connectivity index (χ0v) is 21.7. The van der Waals surface area contributed by atoms with Crippen LogP contribution in [-0.2, 0) is 20.8 Å². The Hall–Kier alpha value is -2.54. The molecule has 4 aromatic carbocycles. The number of nitrogens with zero attached hydrogens (tertiary/aromatic N) is 2. The molecule has 0 unspecified atom stereocenters. The first-order chi connectivity index (χ1) is 16.3. The average Bonchev–Trinajstić information content (AvgIpc) is 2.88. The minimum atomic E-state index is -0.826. The van der Waals surface area contributed by atoms with Crippen molar-refractivity contribution in [3.8, 4) is 0 Å². The first kappa shape index (κ1) is 26.7. The zero-order chi connectivity index (χ0) is 23.4. The van der Waals surface area contributed by atoms with Gasteiger partial charge in [0.25, 0.3) is 0 Å². The predicted molar refractivity (Wildman–Crippen MR) is 137 cm³/mol. The average molecular weight is 559 g/mol. The summed E-state index contributed by atoms with van der Waals surface area (Å²) in [5, 5.41) is 0. The summed E-state index contributed by atoms with van der Waals surface area (Å²) in [6.45, 7) is 0. The van der Waals surface area contributed by atoms with E-state index >= 15 is 0 Å². The first-order valence-electron chi connectivity index (χ1n) is 9.92. The third kappa shape index (κ3) is 12.9. The number of para-hydroxylation sites is 4. The molecule has 4 N–H and O–H groups in total. The van der Waals surface area contributed by atoms with E-state index in [2.05, 4.69) is 32.8 Å². The Morgan fingerprint density at radius 2 is 0.727 bits per heavy atom. The Balaban J connectivity index is 0.000000209. The molecule has 6 nitrogen and oxygen atoms in total. The van der Waals surface area contributed by atoms with E-state index in [1.807, 2.05) is 121 Å². The van der Waals surface area contributed by atoms with Crippen LogP contribution in [0, 0.1) is 0 Å². The standard InChI is InChI=1S/2C12H12N3.2ClH.Zr/c2*1-3-7-11(8-4-1)13-15-14-12-9-5-2-6-10-12;;;/h2*1-10,13,15H;2*1H;/q2*-1;;;+2/p-2. The van der Waals surface area contributed by atoms with Gasteiger partial charge in [0, 0.05) is 11.4 Å². The summed E-state index contributed by atoms with van der Waals surface area (Å²) in [4.78, 5) is 0. The molecule has 9 heteroatoms. The molecule has 0 aromatic heterocycles. The number of nitrogens with one attached hydrogen (secondary N) is 4. The SMILES string of the molecule is [Cl][Zr][Cl].c1ccc([N-]NNc2ccccc2)cc1.c1ccc([N-]NNc2ccccc2)cc1. The van der Waals surface area contributed by atoms with Gasteiger partial charge in [-0.15, -0.1) is 11.4 Å². The van der Waals surface area contributed by atoms with E-state index in [0.29, 0.717) is 0 Å². The van der Waals surface area contributed by atoms with Gasteiger partial charge in [-0.3, -0.25) is 0 Å². The van der Waals surface area contributed by atoms with Crippen molar-refractivity contribution in [1.82, 2.24) is 11.1 Å². The number of benzene rings is 4. The maximum Gasteiger partial charge on any atom is 0.0474 e. The fourth-order valence-corrected chi connectivity index (χ4v) is 2.36. The molecule has 0 amide bonds. The molecule has 0 saturated heterocycles. The van der Waals surface area contributed by atoms with E-state index in [1.165, 1.54) is 0 Å². The van der Waals surface area contributed by atoms with Crippen molar-refractivity contribution in [2.75, 3.05) is 10.9 Å². The number of hydrazine groups is 2. The summed E-state index contributed by atoms with van der Waals surface area (Å²) in [7, 11) is 9.87. The monoisotopic (exact) mass is 556 g/mol. The quantitative estimate of drug-likeness (QED) is 0.166. The van der Waals surface area contributed by atoms with Gasteiger partial charge < -0.3 is 32.8 Å². The summed E-state index contributed by atoms with van der Waals surface area (Å²) < 4.78 is 0. The maximum absolute atomic E-state index is 4.93. The van der Waals surface area contributed by atoms with Gasteiger partial charge >= 0.3 is 37.9 Å². The van der Waals surface area contributed by atoms with E-state index < -0.39 is 20.8 Å². The van der Waals surface area contributed by atoms with Crippen molar-refractivity contribution in [3.05, 3.63) is 132 Å². The van der Waals surface area contributed by atoms with Gasteiger partial charge in [-0.1, -0.05) is 97.1 Å². The molecular weight excluding hydrogens is 534 g/mol. The molecule has 0 spiro atoms. The summed E-state index contributed by atoms with van der Waals surface area (Å²) in [6, 6.07) is 39.1. The smallest absolute Gasteiger partial charge is 0.0474 e. The second-order valence-corrected chi connectivity index (χ2v) is 9.90. The van der Waals surface area contributed by atoms with Crippen LogP contribution in [0.5, 0.6) is 0 Å². The Morgan fingerprint density at radius 1 is 0.455 bits per heavy atom. The van der Waals surface area contributed by atoms with Gasteiger partial charge in [0.2, 0.25) is 0 Å². The van der Waals surface area contributed by atoms with Crippen LogP contribution in [0.3, 0.4) is 0 Å². The minimum absolute atomic E-state index is 0.826. The molecule has 170 valence electrons.